The van der Waals surface area contributed by atoms with Gasteiger partial charge in [0.05, 0.1) is 17.9 Å². The maximum atomic E-state index is 12.3. The fourth-order valence-electron chi connectivity index (χ4n) is 3.10. The average Bonchev–Trinajstić information content (AvgIpc) is 3.04. The number of nitrogens with one attached hydrogen (secondary N) is 1. The van der Waals surface area contributed by atoms with Gasteiger partial charge < -0.3 is 15.0 Å². The van der Waals surface area contributed by atoms with Crippen molar-refractivity contribution in [3.05, 3.63) is 71.7 Å². The van der Waals surface area contributed by atoms with Crippen molar-refractivity contribution in [1.29, 1.82) is 0 Å². The Morgan fingerprint density at radius 1 is 1.08 bits per heavy atom. The van der Waals surface area contributed by atoms with Gasteiger partial charge in [0, 0.05) is 23.9 Å². The van der Waals surface area contributed by atoms with E-state index in [0.29, 0.717) is 23.5 Å². The van der Waals surface area contributed by atoms with Crippen LogP contribution in [0, 0.1) is 0 Å². The van der Waals surface area contributed by atoms with E-state index in [9.17, 15) is 9.90 Å². The van der Waals surface area contributed by atoms with Gasteiger partial charge in [0.25, 0.3) is 0 Å². The molecule has 0 aliphatic heterocycles. The second-order valence-electron chi connectivity index (χ2n) is 5.95. The maximum Gasteiger partial charge on any atom is 0.198 e. The second kappa shape index (κ2) is 5.62. The Bertz CT molecular complexity index is 902. The van der Waals surface area contributed by atoms with Crippen LogP contribution in [0.25, 0.3) is 11.3 Å². The number of fused-ring (bicyclic) bond motifs is 3. The molecule has 4 rings (SSSR count). The molecule has 24 heavy (non-hydrogen) atoms. The Morgan fingerprint density at radius 3 is 2.50 bits per heavy atom. The van der Waals surface area contributed by atoms with Crippen molar-refractivity contribution >= 4 is 11.5 Å². The monoisotopic (exact) mass is 319 g/mol. The number of aromatic amines is 1. The Balaban J connectivity index is 1.70. The van der Waals surface area contributed by atoms with Crippen molar-refractivity contribution in [2.24, 2.45) is 0 Å². The highest BCUT2D eigenvalue weighted by molar-refractivity contribution is 6.08. The molecule has 2 N–H and O–H groups in total. The van der Waals surface area contributed by atoms with Crippen LogP contribution in [0.4, 0.5) is 5.69 Å². The van der Waals surface area contributed by atoms with Crippen LogP contribution >= 0.6 is 0 Å². The number of imidazole rings is 1. The fourth-order valence-corrected chi connectivity index (χ4v) is 3.10. The highest BCUT2D eigenvalue weighted by Crippen LogP contribution is 2.36. The third kappa shape index (κ3) is 2.30. The molecule has 120 valence electrons. The van der Waals surface area contributed by atoms with Gasteiger partial charge in [-0.05, 0) is 12.1 Å². The molecule has 3 aromatic rings. The number of anilines is 1. The summed E-state index contributed by atoms with van der Waals surface area (Å²) in [6, 6.07) is 17.3. The third-order valence-electron chi connectivity index (χ3n) is 4.33. The van der Waals surface area contributed by atoms with Crippen molar-refractivity contribution in [2.75, 3.05) is 11.9 Å². The molecule has 5 nitrogen and oxygen atoms in total. The normalized spacial score (nSPS) is 15.8. The van der Waals surface area contributed by atoms with Gasteiger partial charge in [-0.1, -0.05) is 42.5 Å². The number of carbonyl (C=O) groups is 1. The summed E-state index contributed by atoms with van der Waals surface area (Å²) in [6.07, 6.45) is -1.18. The number of nitrogens with zero attached hydrogens (tertiary/aromatic N) is 2. The lowest BCUT2D eigenvalue weighted by molar-refractivity contribution is 0.0736. The number of hydrogen-bond donors (Lipinski definition) is 2. The van der Waals surface area contributed by atoms with Crippen LogP contribution in [-0.4, -0.2) is 27.9 Å². The smallest absolute Gasteiger partial charge is 0.198 e. The van der Waals surface area contributed by atoms with Crippen molar-refractivity contribution in [1.82, 2.24) is 9.97 Å². The quantitative estimate of drug-likeness (QED) is 0.779. The third-order valence-corrected chi connectivity index (χ3v) is 4.33. The van der Waals surface area contributed by atoms with Crippen molar-refractivity contribution in [3.8, 4) is 11.3 Å². The molecule has 1 heterocycles. The molecule has 0 radical (unpaired) electrons. The molecule has 2 aromatic carbocycles. The molecule has 5 heteroatoms. The standard InChI is InChI=1S/C19H17N3O2/c1-22(12-7-3-2-4-8-12)11-15-20-16-13-9-5-6-10-14(13)18(23)19(24)17(16)21-15/h2-10,19,24H,11H2,1H3,(H,20,21). The van der Waals surface area contributed by atoms with E-state index in [1.54, 1.807) is 12.1 Å². The minimum Gasteiger partial charge on any atom is -0.379 e. The average molecular weight is 319 g/mol. The van der Waals surface area contributed by atoms with E-state index >= 15 is 0 Å². The van der Waals surface area contributed by atoms with Crippen molar-refractivity contribution in [3.63, 3.8) is 0 Å². The summed E-state index contributed by atoms with van der Waals surface area (Å²) in [5.74, 6) is 0.430. The summed E-state index contributed by atoms with van der Waals surface area (Å²) in [7, 11) is 1.98. The Kier molecular flexibility index (Phi) is 3.43. The maximum absolute atomic E-state index is 12.3. The van der Waals surface area contributed by atoms with Crippen LogP contribution in [0.2, 0.25) is 0 Å². The molecule has 1 aromatic heterocycles. The van der Waals surface area contributed by atoms with Gasteiger partial charge in [0.1, 0.15) is 5.82 Å². The summed E-state index contributed by atoms with van der Waals surface area (Å²) in [6.45, 7) is 0.556. The Hall–Kier alpha value is -2.92. The number of hydrogen-bond acceptors (Lipinski definition) is 4. The number of carbonyl (C=O) groups excluding carboxylic acids is 1. The molecule has 1 atom stereocenters. The topological polar surface area (TPSA) is 69.2 Å². The van der Waals surface area contributed by atoms with Crippen LogP contribution in [-0.2, 0) is 6.54 Å². The van der Waals surface area contributed by atoms with E-state index in [-0.39, 0.29) is 5.78 Å². The molecular weight excluding hydrogens is 302 g/mol. The number of ketones is 1. The van der Waals surface area contributed by atoms with Crippen LogP contribution in [0.15, 0.2) is 54.6 Å². The van der Waals surface area contributed by atoms with E-state index in [0.717, 1.165) is 17.1 Å². The molecule has 0 fully saturated rings. The summed E-state index contributed by atoms with van der Waals surface area (Å²) < 4.78 is 0. The number of H-pyrrole nitrogens is 1. The first-order valence-electron chi connectivity index (χ1n) is 7.82. The molecule has 0 amide bonds. The van der Waals surface area contributed by atoms with Gasteiger partial charge >= 0.3 is 0 Å². The predicted octanol–water partition coefficient (Wildman–Crippen LogP) is 2.94. The van der Waals surface area contributed by atoms with Crippen LogP contribution in [0.1, 0.15) is 28.0 Å². The number of aliphatic hydroxyl groups is 1. The van der Waals surface area contributed by atoms with E-state index in [4.69, 9.17) is 0 Å². The van der Waals surface area contributed by atoms with Crippen molar-refractivity contribution in [2.45, 2.75) is 12.6 Å². The first kappa shape index (κ1) is 14.7. The van der Waals surface area contributed by atoms with Gasteiger partial charge in [0.15, 0.2) is 11.9 Å². The number of para-hydroxylation sites is 1. The number of Topliss-reactive ketones (excluding diaryl/α,β-unsaturated/α-hetero) is 1. The highest BCUT2D eigenvalue weighted by Gasteiger charge is 2.33. The predicted molar refractivity (Wildman–Crippen MR) is 91.9 cm³/mol. The zero-order valence-electron chi connectivity index (χ0n) is 13.2. The van der Waals surface area contributed by atoms with E-state index in [1.165, 1.54) is 0 Å². The van der Waals surface area contributed by atoms with E-state index in [2.05, 4.69) is 14.9 Å². The largest absolute Gasteiger partial charge is 0.379 e. The lowest BCUT2D eigenvalue weighted by Crippen LogP contribution is -2.19. The molecule has 1 aliphatic rings. The van der Waals surface area contributed by atoms with E-state index < -0.39 is 6.10 Å². The van der Waals surface area contributed by atoms with Crippen LogP contribution < -0.4 is 4.90 Å². The van der Waals surface area contributed by atoms with Gasteiger partial charge in [-0.3, -0.25) is 4.79 Å². The zero-order chi connectivity index (χ0) is 16.7. The lowest BCUT2D eigenvalue weighted by Gasteiger charge is -2.18. The van der Waals surface area contributed by atoms with Crippen LogP contribution in [0.3, 0.4) is 0 Å². The molecular formula is C19H17N3O2. The lowest BCUT2D eigenvalue weighted by atomic mass is 9.89. The van der Waals surface area contributed by atoms with Crippen LogP contribution in [0.5, 0.6) is 0 Å². The molecule has 0 saturated carbocycles. The van der Waals surface area contributed by atoms with Gasteiger partial charge in [-0.2, -0.15) is 0 Å². The first-order valence-corrected chi connectivity index (χ1v) is 7.82. The molecule has 1 aliphatic carbocycles. The number of aliphatic hydroxyl groups excluding tert-OH is 1. The second-order valence-corrected chi connectivity index (χ2v) is 5.95. The van der Waals surface area contributed by atoms with Gasteiger partial charge in [-0.15, -0.1) is 0 Å². The fraction of sp³-hybridized carbons (Fsp3) is 0.158. The molecule has 1 unspecified atom stereocenters. The minimum atomic E-state index is -1.18. The Morgan fingerprint density at radius 2 is 1.75 bits per heavy atom. The number of aromatic nitrogens is 2. The molecule has 0 spiro atoms. The van der Waals surface area contributed by atoms with Crippen molar-refractivity contribution < 1.29 is 9.90 Å². The van der Waals surface area contributed by atoms with Gasteiger partial charge in [0.2, 0.25) is 0 Å². The minimum absolute atomic E-state index is 0.287. The molecule has 0 saturated heterocycles. The van der Waals surface area contributed by atoms with E-state index in [1.807, 2.05) is 49.5 Å². The summed E-state index contributed by atoms with van der Waals surface area (Å²) in [5.41, 5.74) is 3.51. The molecule has 0 bridgehead atoms. The number of benzene rings is 2. The highest BCUT2D eigenvalue weighted by atomic mass is 16.3. The SMILES string of the molecule is CN(Cc1nc2c([nH]1)C(O)C(=O)c1ccccc1-2)c1ccccc1. The summed E-state index contributed by atoms with van der Waals surface area (Å²) in [5, 5.41) is 10.3. The number of rotatable bonds is 3. The summed E-state index contributed by atoms with van der Waals surface area (Å²) in [4.78, 5) is 22.1. The van der Waals surface area contributed by atoms with Gasteiger partial charge in [-0.25, -0.2) is 4.98 Å². The first-order chi connectivity index (χ1) is 11.6. The summed E-state index contributed by atoms with van der Waals surface area (Å²) >= 11 is 0. The zero-order valence-corrected chi connectivity index (χ0v) is 13.2. The Labute approximate surface area is 139 Å².